The Labute approximate surface area is 100 Å². The van der Waals surface area contributed by atoms with Crippen molar-refractivity contribution in [2.45, 2.75) is 25.8 Å². The molecule has 1 fully saturated rings. The van der Waals surface area contributed by atoms with E-state index in [1.54, 1.807) is 0 Å². The quantitative estimate of drug-likeness (QED) is 0.803. The standard InChI is InChI=1S/C13H17F2NO/c1-10(16-4-2-3-5-16)9-17-13-7-11(14)6-12(15)8-13/h6-8,10H,2-5,9H2,1H3/t10-/m1/s1. The average molecular weight is 241 g/mol. The summed E-state index contributed by atoms with van der Waals surface area (Å²) in [6.07, 6.45) is 2.44. The molecule has 0 spiro atoms. The maximum atomic E-state index is 12.9. The Morgan fingerprint density at radius 3 is 2.35 bits per heavy atom. The number of ether oxygens (including phenoxy) is 1. The highest BCUT2D eigenvalue weighted by atomic mass is 19.1. The second-order valence-corrected chi connectivity index (χ2v) is 4.51. The molecule has 94 valence electrons. The van der Waals surface area contributed by atoms with Crippen LogP contribution in [-0.2, 0) is 0 Å². The maximum Gasteiger partial charge on any atom is 0.129 e. The van der Waals surface area contributed by atoms with E-state index in [2.05, 4.69) is 11.8 Å². The first-order valence-corrected chi connectivity index (χ1v) is 5.98. The molecule has 0 radical (unpaired) electrons. The van der Waals surface area contributed by atoms with Crippen LogP contribution in [0.25, 0.3) is 0 Å². The fourth-order valence-corrected chi connectivity index (χ4v) is 2.12. The third-order valence-corrected chi connectivity index (χ3v) is 3.09. The molecule has 2 rings (SSSR count). The molecular formula is C13H17F2NO. The number of likely N-dealkylation sites (tertiary alicyclic amines) is 1. The zero-order valence-corrected chi connectivity index (χ0v) is 9.96. The van der Waals surface area contributed by atoms with E-state index >= 15 is 0 Å². The summed E-state index contributed by atoms with van der Waals surface area (Å²) in [6.45, 7) is 4.70. The van der Waals surface area contributed by atoms with E-state index in [4.69, 9.17) is 4.74 Å². The molecule has 0 bridgehead atoms. The Balaban J connectivity index is 1.88. The normalized spacial score (nSPS) is 18.3. The lowest BCUT2D eigenvalue weighted by Crippen LogP contribution is -2.34. The highest BCUT2D eigenvalue weighted by Crippen LogP contribution is 2.17. The number of hydrogen-bond donors (Lipinski definition) is 0. The predicted molar refractivity (Wildman–Crippen MR) is 62.1 cm³/mol. The third-order valence-electron chi connectivity index (χ3n) is 3.09. The first-order valence-electron chi connectivity index (χ1n) is 5.98. The monoisotopic (exact) mass is 241 g/mol. The smallest absolute Gasteiger partial charge is 0.129 e. The van der Waals surface area contributed by atoms with Crippen molar-refractivity contribution in [2.24, 2.45) is 0 Å². The molecule has 0 amide bonds. The summed E-state index contributed by atoms with van der Waals surface area (Å²) in [5, 5.41) is 0. The molecule has 1 atom stereocenters. The zero-order valence-electron chi connectivity index (χ0n) is 9.96. The van der Waals surface area contributed by atoms with Crippen LogP contribution in [0.1, 0.15) is 19.8 Å². The number of benzene rings is 1. The minimum atomic E-state index is -0.603. The van der Waals surface area contributed by atoms with Crippen LogP contribution in [-0.4, -0.2) is 30.6 Å². The predicted octanol–water partition coefficient (Wildman–Crippen LogP) is 2.83. The number of halogens is 2. The van der Waals surface area contributed by atoms with Gasteiger partial charge in [0.25, 0.3) is 0 Å². The van der Waals surface area contributed by atoms with Gasteiger partial charge in [-0.05, 0) is 32.9 Å². The van der Waals surface area contributed by atoms with E-state index in [-0.39, 0.29) is 11.8 Å². The number of hydrogen-bond acceptors (Lipinski definition) is 2. The summed E-state index contributed by atoms with van der Waals surface area (Å²) in [7, 11) is 0. The van der Waals surface area contributed by atoms with Gasteiger partial charge in [-0.3, -0.25) is 4.90 Å². The SMILES string of the molecule is C[C@H](COc1cc(F)cc(F)c1)N1CCCC1. The summed E-state index contributed by atoms with van der Waals surface area (Å²) >= 11 is 0. The molecule has 1 saturated heterocycles. The maximum absolute atomic E-state index is 12.9. The molecule has 1 aromatic rings. The second-order valence-electron chi connectivity index (χ2n) is 4.51. The zero-order chi connectivity index (χ0) is 12.3. The van der Waals surface area contributed by atoms with Crippen molar-refractivity contribution >= 4 is 0 Å². The van der Waals surface area contributed by atoms with Crippen molar-refractivity contribution in [2.75, 3.05) is 19.7 Å². The lowest BCUT2D eigenvalue weighted by atomic mass is 10.3. The summed E-state index contributed by atoms with van der Waals surface area (Å²) in [5.41, 5.74) is 0. The fraction of sp³-hybridized carbons (Fsp3) is 0.538. The first-order chi connectivity index (χ1) is 8.15. The molecule has 0 N–H and O–H groups in total. The highest BCUT2D eigenvalue weighted by molar-refractivity contribution is 5.23. The molecule has 0 aromatic heterocycles. The Hall–Kier alpha value is -1.16. The van der Waals surface area contributed by atoms with Crippen LogP contribution in [0.4, 0.5) is 8.78 Å². The van der Waals surface area contributed by atoms with Gasteiger partial charge >= 0.3 is 0 Å². The van der Waals surface area contributed by atoms with Crippen LogP contribution in [0.3, 0.4) is 0 Å². The van der Waals surface area contributed by atoms with Gasteiger partial charge in [0.2, 0.25) is 0 Å². The minimum absolute atomic E-state index is 0.258. The van der Waals surface area contributed by atoms with Crippen molar-refractivity contribution in [3.63, 3.8) is 0 Å². The van der Waals surface area contributed by atoms with Crippen LogP contribution in [0.2, 0.25) is 0 Å². The molecule has 1 aliphatic heterocycles. The highest BCUT2D eigenvalue weighted by Gasteiger charge is 2.18. The molecule has 1 heterocycles. The lowest BCUT2D eigenvalue weighted by Gasteiger charge is -2.23. The van der Waals surface area contributed by atoms with E-state index in [0.29, 0.717) is 6.61 Å². The molecule has 1 aromatic carbocycles. The van der Waals surface area contributed by atoms with Gasteiger partial charge in [-0.15, -0.1) is 0 Å². The van der Waals surface area contributed by atoms with E-state index in [1.165, 1.54) is 25.0 Å². The summed E-state index contributed by atoms with van der Waals surface area (Å²) in [5.74, 6) is -0.948. The summed E-state index contributed by atoms with van der Waals surface area (Å²) in [6, 6.07) is 3.54. The largest absolute Gasteiger partial charge is 0.492 e. The molecule has 0 unspecified atom stereocenters. The summed E-state index contributed by atoms with van der Waals surface area (Å²) < 4.78 is 31.3. The topological polar surface area (TPSA) is 12.5 Å². The molecular weight excluding hydrogens is 224 g/mol. The van der Waals surface area contributed by atoms with Crippen molar-refractivity contribution in [3.05, 3.63) is 29.8 Å². The average Bonchev–Trinajstić information content (AvgIpc) is 2.78. The van der Waals surface area contributed by atoms with Gasteiger partial charge in [0.1, 0.15) is 24.0 Å². The molecule has 1 aliphatic rings. The van der Waals surface area contributed by atoms with Gasteiger partial charge in [0.05, 0.1) is 0 Å². The Morgan fingerprint density at radius 1 is 1.18 bits per heavy atom. The van der Waals surface area contributed by atoms with E-state index < -0.39 is 11.6 Å². The van der Waals surface area contributed by atoms with Crippen LogP contribution in [0.5, 0.6) is 5.75 Å². The van der Waals surface area contributed by atoms with E-state index in [1.807, 2.05) is 0 Å². The molecule has 0 aliphatic carbocycles. The number of rotatable bonds is 4. The number of nitrogens with zero attached hydrogens (tertiary/aromatic N) is 1. The van der Waals surface area contributed by atoms with E-state index in [9.17, 15) is 8.78 Å². The van der Waals surface area contributed by atoms with Crippen LogP contribution < -0.4 is 4.74 Å². The van der Waals surface area contributed by atoms with E-state index in [0.717, 1.165) is 19.2 Å². The first kappa shape index (κ1) is 12.3. The van der Waals surface area contributed by atoms with Crippen molar-refractivity contribution in [1.29, 1.82) is 0 Å². The van der Waals surface area contributed by atoms with Gasteiger partial charge in [-0.25, -0.2) is 8.78 Å². The molecule has 0 saturated carbocycles. The summed E-state index contributed by atoms with van der Waals surface area (Å²) in [4.78, 5) is 2.33. The Morgan fingerprint density at radius 2 is 1.76 bits per heavy atom. The second kappa shape index (κ2) is 5.45. The van der Waals surface area contributed by atoms with Crippen LogP contribution >= 0.6 is 0 Å². The Bertz CT molecular complexity index is 357. The third kappa shape index (κ3) is 3.40. The lowest BCUT2D eigenvalue weighted by molar-refractivity contribution is 0.172. The minimum Gasteiger partial charge on any atom is -0.492 e. The van der Waals surface area contributed by atoms with Gasteiger partial charge in [-0.1, -0.05) is 0 Å². The van der Waals surface area contributed by atoms with Gasteiger partial charge in [0.15, 0.2) is 0 Å². The van der Waals surface area contributed by atoms with Crippen LogP contribution in [0, 0.1) is 11.6 Å². The molecule has 4 heteroatoms. The van der Waals surface area contributed by atoms with Crippen molar-refractivity contribution in [1.82, 2.24) is 4.90 Å². The Kier molecular flexibility index (Phi) is 3.94. The van der Waals surface area contributed by atoms with Gasteiger partial charge < -0.3 is 4.74 Å². The van der Waals surface area contributed by atoms with Gasteiger partial charge in [-0.2, -0.15) is 0 Å². The molecule has 17 heavy (non-hydrogen) atoms. The van der Waals surface area contributed by atoms with Crippen molar-refractivity contribution < 1.29 is 13.5 Å². The van der Waals surface area contributed by atoms with Gasteiger partial charge in [0, 0.05) is 24.2 Å². The molecule has 2 nitrogen and oxygen atoms in total. The fourth-order valence-electron chi connectivity index (χ4n) is 2.12. The van der Waals surface area contributed by atoms with Crippen molar-refractivity contribution in [3.8, 4) is 5.75 Å². The van der Waals surface area contributed by atoms with Crippen LogP contribution in [0.15, 0.2) is 18.2 Å².